The van der Waals surface area contributed by atoms with Gasteiger partial charge < -0.3 is 9.74 Å². The predicted molar refractivity (Wildman–Crippen MR) is 127 cm³/mol. The van der Waals surface area contributed by atoms with E-state index in [1.165, 1.54) is 12.1 Å². The Morgan fingerprint density at radius 1 is 1.00 bits per heavy atom. The van der Waals surface area contributed by atoms with E-state index in [0.29, 0.717) is 23.6 Å². The largest absolute Gasteiger partial charge is 0.396 e. The smallest absolute Gasteiger partial charge is 0.212 e. The monoisotopic (exact) mass is 481 g/mol. The van der Waals surface area contributed by atoms with Gasteiger partial charge in [0, 0.05) is 49.9 Å². The summed E-state index contributed by atoms with van der Waals surface area (Å²) in [4.78, 5) is 18.1. The number of benzene rings is 1. The minimum atomic E-state index is -0.948. The Balaban J connectivity index is 1.21. The van der Waals surface area contributed by atoms with Crippen LogP contribution in [0.25, 0.3) is 0 Å². The highest BCUT2D eigenvalue weighted by Crippen LogP contribution is 2.41. The third-order valence-electron chi connectivity index (χ3n) is 6.58. The first kappa shape index (κ1) is 23.3. The number of pyridine rings is 2. The standard InChI is InChI=1S/C26H26F3N5O/c1-2-35-32-25(19-4-6-21(27)22(28)11-19)23-7-3-18(12-30-23)14-33-15-26(16-33)9-10-34(17-26)20-5-8-24(29)31-13-20/h3-8,11-13H,2,9-10,14-17H2,1H3/b32-25+. The quantitative estimate of drug-likeness (QED) is 0.285. The Bertz CT molecular complexity index is 1210. The molecule has 0 radical (unpaired) electrons. The molecule has 0 unspecified atom stereocenters. The van der Waals surface area contributed by atoms with Crippen molar-refractivity contribution < 1.29 is 18.0 Å². The number of halogens is 3. The zero-order valence-electron chi connectivity index (χ0n) is 19.4. The lowest BCUT2D eigenvalue weighted by Crippen LogP contribution is -2.56. The number of likely N-dealkylation sites (tertiary alicyclic amines) is 1. The summed E-state index contributed by atoms with van der Waals surface area (Å²) < 4.78 is 40.3. The predicted octanol–water partition coefficient (Wildman–Crippen LogP) is 4.40. The second-order valence-corrected chi connectivity index (χ2v) is 9.19. The number of rotatable bonds is 7. The number of nitrogens with zero attached hydrogens (tertiary/aromatic N) is 5. The number of hydrogen-bond donors (Lipinski definition) is 0. The first-order chi connectivity index (χ1) is 16.9. The van der Waals surface area contributed by atoms with Crippen LogP contribution in [0.3, 0.4) is 0 Å². The van der Waals surface area contributed by atoms with E-state index in [1.54, 1.807) is 25.4 Å². The molecule has 0 aliphatic carbocycles. The van der Waals surface area contributed by atoms with Crippen LogP contribution in [0.1, 0.15) is 30.2 Å². The number of anilines is 1. The molecule has 0 saturated carbocycles. The van der Waals surface area contributed by atoms with E-state index in [1.807, 2.05) is 12.1 Å². The zero-order valence-corrected chi connectivity index (χ0v) is 19.4. The van der Waals surface area contributed by atoms with E-state index >= 15 is 0 Å². The van der Waals surface area contributed by atoms with Gasteiger partial charge in [0.05, 0.1) is 17.6 Å². The molecule has 6 nitrogen and oxygen atoms in total. The summed E-state index contributed by atoms with van der Waals surface area (Å²) in [6.07, 6.45) is 4.48. The van der Waals surface area contributed by atoms with Crippen LogP contribution in [-0.4, -0.2) is 53.4 Å². The maximum absolute atomic E-state index is 13.8. The molecule has 182 valence electrons. The van der Waals surface area contributed by atoms with Crippen molar-refractivity contribution in [2.75, 3.05) is 37.7 Å². The fourth-order valence-corrected chi connectivity index (χ4v) is 4.92. The number of oxime groups is 1. The van der Waals surface area contributed by atoms with E-state index in [4.69, 9.17) is 4.84 Å². The minimum absolute atomic E-state index is 0.256. The van der Waals surface area contributed by atoms with Gasteiger partial charge in [-0.3, -0.25) is 9.88 Å². The van der Waals surface area contributed by atoms with E-state index in [2.05, 4.69) is 24.9 Å². The van der Waals surface area contributed by atoms with Gasteiger partial charge in [-0.25, -0.2) is 13.8 Å². The third kappa shape index (κ3) is 5.00. The maximum Gasteiger partial charge on any atom is 0.212 e. The SMILES string of the molecule is CCO/N=C(\c1ccc(F)c(F)c1)c1ccc(CN2CC3(CCN(c4ccc(F)nc4)C3)C2)cn1. The van der Waals surface area contributed by atoms with Gasteiger partial charge >= 0.3 is 0 Å². The molecule has 1 aromatic carbocycles. The number of hydrogen-bond acceptors (Lipinski definition) is 6. The summed E-state index contributed by atoms with van der Waals surface area (Å²) >= 11 is 0. The average Bonchev–Trinajstić information content (AvgIpc) is 3.28. The fourth-order valence-electron chi connectivity index (χ4n) is 4.92. The van der Waals surface area contributed by atoms with Gasteiger partial charge in [0.15, 0.2) is 11.6 Å². The molecule has 2 fully saturated rings. The molecule has 2 aliphatic heterocycles. The molecule has 0 atom stereocenters. The molecule has 0 N–H and O–H groups in total. The average molecular weight is 482 g/mol. The molecule has 2 aromatic heterocycles. The lowest BCUT2D eigenvalue weighted by Gasteiger charge is -2.48. The van der Waals surface area contributed by atoms with Crippen LogP contribution in [0.5, 0.6) is 0 Å². The highest BCUT2D eigenvalue weighted by Gasteiger charge is 2.47. The molecule has 0 bridgehead atoms. The third-order valence-corrected chi connectivity index (χ3v) is 6.58. The molecule has 35 heavy (non-hydrogen) atoms. The molecule has 1 spiro atoms. The topological polar surface area (TPSA) is 53.9 Å². The van der Waals surface area contributed by atoms with Crippen molar-refractivity contribution in [1.29, 1.82) is 0 Å². The van der Waals surface area contributed by atoms with Gasteiger partial charge in [0.1, 0.15) is 12.3 Å². The molecule has 2 aliphatic rings. The van der Waals surface area contributed by atoms with Crippen molar-refractivity contribution in [3.63, 3.8) is 0 Å². The molecular formula is C26H26F3N5O. The minimum Gasteiger partial charge on any atom is -0.396 e. The van der Waals surface area contributed by atoms with Crippen molar-refractivity contribution in [3.8, 4) is 0 Å². The van der Waals surface area contributed by atoms with E-state index in [9.17, 15) is 13.2 Å². The van der Waals surface area contributed by atoms with Crippen LogP contribution in [-0.2, 0) is 11.4 Å². The maximum atomic E-state index is 13.8. The van der Waals surface area contributed by atoms with Crippen molar-refractivity contribution in [1.82, 2.24) is 14.9 Å². The second kappa shape index (κ2) is 9.65. The summed E-state index contributed by atoms with van der Waals surface area (Å²) in [5.41, 5.74) is 3.54. The Morgan fingerprint density at radius 2 is 1.86 bits per heavy atom. The summed E-state index contributed by atoms with van der Waals surface area (Å²) in [6.45, 7) is 6.79. The van der Waals surface area contributed by atoms with Crippen LogP contribution in [0, 0.1) is 23.0 Å². The number of aromatic nitrogens is 2. The molecule has 5 rings (SSSR count). The van der Waals surface area contributed by atoms with Crippen LogP contribution in [0.15, 0.2) is 60.0 Å². The normalized spacial score (nSPS) is 17.6. The van der Waals surface area contributed by atoms with Crippen LogP contribution in [0.4, 0.5) is 18.9 Å². The van der Waals surface area contributed by atoms with Crippen molar-refractivity contribution >= 4 is 11.4 Å². The Kier molecular flexibility index (Phi) is 6.42. The summed E-state index contributed by atoms with van der Waals surface area (Å²) in [5, 5.41) is 4.08. The molecule has 3 aromatic rings. The summed E-state index contributed by atoms with van der Waals surface area (Å²) in [5.74, 6) is -2.32. The molecule has 0 amide bonds. The Morgan fingerprint density at radius 3 is 2.54 bits per heavy atom. The van der Waals surface area contributed by atoms with Crippen molar-refractivity contribution in [2.45, 2.75) is 19.9 Å². The summed E-state index contributed by atoms with van der Waals surface area (Å²) in [6, 6.07) is 10.6. The molecule has 9 heteroatoms. The van der Waals surface area contributed by atoms with Gasteiger partial charge in [-0.2, -0.15) is 4.39 Å². The first-order valence-electron chi connectivity index (χ1n) is 11.6. The highest BCUT2D eigenvalue weighted by atomic mass is 19.2. The molecule has 4 heterocycles. The van der Waals surface area contributed by atoms with Crippen LogP contribution >= 0.6 is 0 Å². The van der Waals surface area contributed by atoms with Crippen molar-refractivity contribution in [2.24, 2.45) is 10.6 Å². The Hall–Kier alpha value is -3.46. The fraction of sp³-hybridized carbons (Fsp3) is 0.346. The second-order valence-electron chi connectivity index (χ2n) is 9.19. The molecular weight excluding hydrogens is 455 g/mol. The van der Waals surface area contributed by atoms with E-state index < -0.39 is 17.6 Å². The lowest BCUT2D eigenvalue weighted by atomic mass is 9.79. The van der Waals surface area contributed by atoms with E-state index in [0.717, 1.165) is 62.5 Å². The van der Waals surface area contributed by atoms with Gasteiger partial charge in [0.25, 0.3) is 0 Å². The summed E-state index contributed by atoms with van der Waals surface area (Å²) in [7, 11) is 0. The van der Waals surface area contributed by atoms with Crippen molar-refractivity contribution in [3.05, 3.63) is 89.3 Å². The van der Waals surface area contributed by atoms with Crippen LogP contribution < -0.4 is 4.90 Å². The molecule has 2 saturated heterocycles. The Labute approximate surface area is 202 Å². The zero-order chi connectivity index (χ0) is 24.4. The van der Waals surface area contributed by atoms with Crippen LogP contribution in [0.2, 0.25) is 0 Å². The van der Waals surface area contributed by atoms with Gasteiger partial charge in [-0.15, -0.1) is 0 Å². The first-order valence-corrected chi connectivity index (χ1v) is 11.6. The lowest BCUT2D eigenvalue weighted by molar-refractivity contribution is 0.0116. The van der Waals surface area contributed by atoms with Gasteiger partial charge in [-0.05, 0) is 55.3 Å². The highest BCUT2D eigenvalue weighted by molar-refractivity contribution is 6.11. The van der Waals surface area contributed by atoms with E-state index in [-0.39, 0.29) is 5.41 Å². The van der Waals surface area contributed by atoms with Gasteiger partial charge in [-0.1, -0.05) is 11.2 Å². The van der Waals surface area contributed by atoms with Gasteiger partial charge in [0.2, 0.25) is 5.95 Å².